The molecule has 0 spiro atoms. The number of rotatable bonds is 6. The molecule has 0 saturated carbocycles. The van der Waals surface area contributed by atoms with Crippen LogP contribution in [0.2, 0.25) is 0 Å². The maximum atomic E-state index is 10.1. The first kappa shape index (κ1) is 15.8. The molecule has 1 aliphatic rings. The van der Waals surface area contributed by atoms with Crippen molar-refractivity contribution >= 4 is 15.9 Å². The monoisotopic (exact) mass is 342 g/mol. The maximum Gasteiger partial charge on any atom is 0.119 e. The molecule has 1 heterocycles. The lowest BCUT2D eigenvalue weighted by atomic mass is 10.2. The maximum absolute atomic E-state index is 10.1. The summed E-state index contributed by atoms with van der Waals surface area (Å²) in [4.78, 5) is 4.74. The molecule has 0 amide bonds. The minimum absolute atomic E-state index is 0.343. The minimum Gasteiger partial charge on any atom is -0.491 e. The van der Waals surface area contributed by atoms with Crippen LogP contribution in [0.15, 0.2) is 28.7 Å². The van der Waals surface area contributed by atoms with Crippen molar-refractivity contribution in [3.63, 3.8) is 0 Å². The third-order valence-electron chi connectivity index (χ3n) is 3.64. The fourth-order valence-corrected chi connectivity index (χ4v) is 2.63. The number of aliphatic hydroxyl groups is 1. The molecule has 1 N–H and O–H groups in total. The third-order valence-corrected chi connectivity index (χ3v) is 4.17. The number of β-amino-alcohol motifs (C(OH)–C–C–N with tert-alkyl or cyclic N) is 1. The highest BCUT2D eigenvalue weighted by Crippen LogP contribution is 2.16. The number of nitrogens with zero attached hydrogens (tertiary/aromatic N) is 2. The molecular weight excluding hydrogens is 320 g/mol. The van der Waals surface area contributed by atoms with Crippen LogP contribution in [0.5, 0.6) is 5.75 Å². The van der Waals surface area contributed by atoms with Crippen molar-refractivity contribution in [1.82, 2.24) is 9.80 Å². The second-order valence-corrected chi connectivity index (χ2v) is 6.07. The van der Waals surface area contributed by atoms with Gasteiger partial charge in [0.05, 0.1) is 0 Å². The van der Waals surface area contributed by atoms with Gasteiger partial charge in [-0.1, -0.05) is 22.9 Å². The molecule has 1 atom stereocenters. The second kappa shape index (κ2) is 7.98. The molecule has 0 bridgehead atoms. The van der Waals surface area contributed by atoms with Gasteiger partial charge in [0, 0.05) is 37.2 Å². The molecule has 5 heteroatoms. The van der Waals surface area contributed by atoms with E-state index in [2.05, 4.69) is 32.7 Å². The Hall–Kier alpha value is -0.620. The number of hydrogen-bond acceptors (Lipinski definition) is 4. The summed E-state index contributed by atoms with van der Waals surface area (Å²) >= 11 is 3.39. The van der Waals surface area contributed by atoms with Crippen LogP contribution in [0.25, 0.3) is 0 Å². The Kier molecular flexibility index (Phi) is 6.29. The van der Waals surface area contributed by atoms with Crippen LogP contribution in [-0.4, -0.2) is 66.9 Å². The first-order chi connectivity index (χ1) is 9.67. The summed E-state index contributed by atoms with van der Waals surface area (Å²) in [5.74, 6) is 0.794. The topological polar surface area (TPSA) is 35.9 Å². The summed E-state index contributed by atoms with van der Waals surface area (Å²) in [6, 6.07) is 7.67. The summed E-state index contributed by atoms with van der Waals surface area (Å²) < 4.78 is 6.63. The lowest BCUT2D eigenvalue weighted by molar-refractivity contribution is 0.0471. The van der Waals surface area contributed by atoms with Crippen LogP contribution in [0, 0.1) is 0 Å². The molecule has 2 rings (SSSR count). The van der Waals surface area contributed by atoms with Gasteiger partial charge in [0.25, 0.3) is 0 Å². The van der Waals surface area contributed by atoms with Crippen molar-refractivity contribution in [2.45, 2.75) is 13.0 Å². The van der Waals surface area contributed by atoms with E-state index in [4.69, 9.17) is 4.74 Å². The summed E-state index contributed by atoms with van der Waals surface area (Å²) in [5.41, 5.74) is 0. The zero-order chi connectivity index (χ0) is 14.4. The lowest BCUT2D eigenvalue weighted by Gasteiger charge is -2.34. The molecule has 4 nitrogen and oxygen atoms in total. The quantitative estimate of drug-likeness (QED) is 0.855. The van der Waals surface area contributed by atoms with Crippen molar-refractivity contribution in [1.29, 1.82) is 0 Å². The summed E-state index contributed by atoms with van der Waals surface area (Å²) in [7, 11) is 0. The smallest absolute Gasteiger partial charge is 0.119 e. The van der Waals surface area contributed by atoms with Gasteiger partial charge in [-0.25, -0.2) is 0 Å². The van der Waals surface area contributed by atoms with Gasteiger partial charge in [-0.05, 0) is 30.8 Å². The Morgan fingerprint density at radius 1 is 1.15 bits per heavy atom. The molecule has 0 radical (unpaired) electrons. The van der Waals surface area contributed by atoms with Crippen LogP contribution < -0.4 is 4.74 Å². The Bertz CT molecular complexity index is 391. The van der Waals surface area contributed by atoms with Crippen molar-refractivity contribution in [2.24, 2.45) is 0 Å². The number of aliphatic hydroxyl groups excluding tert-OH is 1. The number of hydrogen-bond donors (Lipinski definition) is 1. The highest BCUT2D eigenvalue weighted by Gasteiger charge is 2.18. The predicted octanol–water partition coefficient (Wildman–Crippen LogP) is 1.83. The van der Waals surface area contributed by atoms with Gasteiger partial charge in [-0.15, -0.1) is 0 Å². The molecular formula is C15H23BrN2O2. The fourth-order valence-electron chi connectivity index (χ4n) is 2.36. The average Bonchev–Trinajstić information content (AvgIpc) is 2.47. The normalized spacial score (nSPS) is 18.9. The number of piperazine rings is 1. The van der Waals surface area contributed by atoms with E-state index < -0.39 is 6.10 Å². The van der Waals surface area contributed by atoms with Crippen molar-refractivity contribution in [2.75, 3.05) is 45.9 Å². The van der Waals surface area contributed by atoms with Gasteiger partial charge in [0.2, 0.25) is 0 Å². The van der Waals surface area contributed by atoms with E-state index in [1.807, 2.05) is 24.3 Å². The van der Waals surface area contributed by atoms with Gasteiger partial charge < -0.3 is 14.7 Å². The number of benzene rings is 1. The van der Waals surface area contributed by atoms with E-state index in [1.165, 1.54) is 0 Å². The summed E-state index contributed by atoms with van der Waals surface area (Å²) in [6.45, 7) is 8.59. The van der Waals surface area contributed by atoms with E-state index in [1.54, 1.807) is 0 Å². The Morgan fingerprint density at radius 3 is 2.35 bits per heavy atom. The van der Waals surface area contributed by atoms with E-state index in [0.717, 1.165) is 42.9 Å². The van der Waals surface area contributed by atoms with Gasteiger partial charge in [-0.3, -0.25) is 4.90 Å². The molecule has 0 aliphatic carbocycles. The summed E-state index contributed by atoms with van der Waals surface area (Å²) in [6.07, 6.45) is -0.438. The molecule has 1 aliphatic heterocycles. The van der Waals surface area contributed by atoms with Gasteiger partial charge in [0.15, 0.2) is 0 Å². The molecule has 1 aromatic rings. The first-order valence-corrected chi connectivity index (χ1v) is 7.98. The largest absolute Gasteiger partial charge is 0.491 e. The average molecular weight is 343 g/mol. The summed E-state index contributed by atoms with van der Waals surface area (Å²) in [5, 5.41) is 10.1. The zero-order valence-corrected chi connectivity index (χ0v) is 13.6. The van der Waals surface area contributed by atoms with E-state index in [-0.39, 0.29) is 0 Å². The number of ether oxygens (including phenoxy) is 1. The molecule has 0 aromatic heterocycles. The van der Waals surface area contributed by atoms with Gasteiger partial charge >= 0.3 is 0 Å². The molecule has 1 fully saturated rings. The molecule has 112 valence electrons. The fraction of sp³-hybridized carbons (Fsp3) is 0.600. The Labute approximate surface area is 129 Å². The van der Waals surface area contributed by atoms with Gasteiger partial charge in [0.1, 0.15) is 18.5 Å². The Morgan fingerprint density at radius 2 is 1.75 bits per heavy atom. The van der Waals surface area contributed by atoms with E-state index >= 15 is 0 Å². The highest BCUT2D eigenvalue weighted by atomic mass is 79.9. The van der Waals surface area contributed by atoms with Crippen molar-refractivity contribution in [3.8, 4) is 5.75 Å². The highest BCUT2D eigenvalue weighted by molar-refractivity contribution is 9.10. The van der Waals surface area contributed by atoms with Crippen LogP contribution in [-0.2, 0) is 0 Å². The Balaban J connectivity index is 1.68. The zero-order valence-electron chi connectivity index (χ0n) is 12.0. The first-order valence-electron chi connectivity index (χ1n) is 7.18. The predicted molar refractivity (Wildman–Crippen MR) is 84.2 cm³/mol. The van der Waals surface area contributed by atoms with Crippen LogP contribution in [0.1, 0.15) is 6.92 Å². The number of halogens is 1. The van der Waals surface area contributed by atoms with Crippen molar-refractivity contribution in [3.05, 3.63) is 28.7 Å². The number of likely N-dealkylation sites (N-methyl/N-ethyl adjacent to an activating group) is 1. The van der Waals surface area contributed by atoms with Gasteiger partial charge in [-0.2, -0.15) is 0 Å². The van der Waals surface area contributed by atoms with Crippen molar-refractivity contribution < 1.29 is 9.84 Å². The molecule has 0 unspecified atom stereocenters. The van der Waals surface area contributed by atoms with Crippen LogP contribution in [0.4, 0.5) is 0 Å². The molecule has 1 aromatic carbocycles. The van der Waals surface area contributed by atoms with Crippen LogP contribution in [0.3, 0.4) is 0 Å². The standard InChI is InChI=1S/C15H23BrN2O2/c1-2-17-7-9-18(10-8-17)11-14(19)12-20-15-5-3-13(16)4-6-15/h3-6,14,19H,2,7-12H2,1H3/t14-/m0/s1. The van der Waals surface area contributed by atoms with E-state index in [0.29, 0.717) is 13.2 Å². The third kappa shape index (κ3) is 5.05. The minimum atomic E-state index is -0.438. The molecule has 20 heavy (non-hydrogen) atoms. The lowest BCUT2D eigenvalue weighted by Crippen LogP contribution is -2.49. The van der Waals surface area contributed by atoms with Crippen LogP contribution >= 0.6 is 15.9 Å². The second-order valence-electron chi connectivity index (χ2n) is 5.15. The van der Waals surface area contributed by atoms with E-state index in [9.17, 15) is 5.11 Å². The molecule has 1 saturated heterocycles. The SMILES string of the molecule is CCN1CCN(C[C@H](O)COc2ccc(Br)cc2)CC1.